The summed E-state index contributed by atoms with van der Waals surface area (Å²) in [7, 11) is 0. The lowest BCUT2D eigenvalue weighted by atomic mass is 10.3. The van der Waals surface area contributed by atoms with Gasteiger partial charge >= 0.3 is 0 Å². The van der Waals surface area contributed by atoms with Crippen LogP contribution in [0.4, 0.5) is 14.5 Å². The summed E-state index contributed by atoms with van der Waals surface area (Å²) in [6.45, 7) is 0. The number of nitrogens with zero attached hydrogens (tertiary/aromatic N) is 2. The van der Waals surface area contributed by atoms with Crippen molar-refractivity contribution in [2.45, 2.75) is 0 Å². The van der Waals surface area contributed by atoms with Crippen molar-refractivity contribution >= 4 is 5.69 Å². The van der Waals surface area contributed by atoms with Gasteiger partial charge in [-0.3, -0.25) is 0 Å². The molecule has 2 rings (SSSR count). The van der Waals surface area contributed by atoms with Gasteiger partial charge in [0.15, 0.2) is 17.3 Å². The van der Waals surface area contributed by atoms with Gasteiger partial charge < -0.3 is 10.5 Å². The minimum absolute atomic E-state index is 0.00934. The van der Waals surface area contributed by atoms with Gasteiger partial charge in [0.1, 0.15) is 11.8 Å². The number of halogens is 2. The molecule has 0 spiro atoms. The first-order valence-corrected chi connectivity index (χ1v) is 4.89. The highest BCUT2D eigenvalue weighted by molar-refractivity contribution is 5.51. The summed E-state index contributed by atoms with van der Waals surface area (Å²) in [4.78, 5) is 3.81. The normalized spacial score (nSPS) is 9.83. The van der Waals surface area contributed by atoms with Gasteiger partial charge in [-0.15, -0.1) is 0 Å². The third-order valence-corrected chi connectivity index (χ3v) is 2.12. The average Bonchev–Trinajstić information content (AvgIpc) is 2.36. The summed E-state index contributed by atoms with van der Waals surface area (Å²) in [5.41, 5.74) is 5.71. The largest absolute Gasteiger partial charge is 0.439 e. The topological polar surface area (TPSA) is 71.9 Å². The van der Waals surface area contributed by atoms with Crippen LogP contribution < -0.4 is 10.5 Å². The lowest BCUT2D eigenvalue weighted by Gasteiger charge is -2.06. The highest BCUT2D eigenvalue weighted by Crippen LogP contribution is 2.23. The number of nitrogens with two attached hydrogens (primary N) is 1. The molecule has 1 aromatic heterocycles. The predicted octanol–water partition coefficient (Wildman–Crippen LogP) is 2.61. The van der Waals surface area contributed by atoms with E-state index in [1.807, 2.05) is 0 Å². The number of ether oxygens (including phenoxy) is 1. The van der Waals surface area contributed by atoms with Crippen LogP contribution in [0.25, 0.3) is 0 Å². The molecule has 4 nitrogen and oxygen atoms in total. The Hall–Kier alpha value is -2.68. The molecule has 0 bridgehead atoms. The van der Waals surface area contributed by atoms with Gasteiger partial charge in [-0.2, -0.15) is 5.26 Å². The van der Waals surface area contributed by atoms with Gasteiger partial charge in [0, 0.05) is 12.1 Å². The molecule has 2 N–H and O–H groups in total. The summed E-state index contributed by atoms with van der Waals surface area (Å²) < 4.78 is 30.8. The predicted molar refractivity (Wildman–Crippen MR) is 59.8 cm³/mol. The Kier molecular flexibility index (Phi) is 3.06. The van der Waals surface area contributed by atoms with Gasteiger partial charge in [0.05, 0.1) is 5.69 Å². The van der Waals surface area contributed by atoms with Crippen molar-refractivity contribution in [2.24, 2.45) is 0 Å². The zero-order valence-electron chi connectivity index (χ0n) is 9.02. The molecule has 90 valence electrons. The van der Waals surface area contributed by atoms with E-state index in [4.69, 9.17) is 15.7 Å². The van der Waals surface area contributed by atoms with Crippen LogP contribution in [0.15, 0.2) is 30.3 Å². The van der Waals surface area contributed by atoms with Gasteiger partial charge in [0.2, 0.25) is 5.88 Å². The third kappa shape index (κ3) is 2.35. The van der Waals surface area contributed by atoms with E-state index >= 15 is 0 Å². The molecular weight excluding hydrogens is 240 g/mol. The molecule has 0 saturated heterocycles. The summed E-state index contributed by atoms with van der Waals surface area (Å²) in [6.07, 6.45) is 0. The monoisotopic (exact) mass is 247 g/mol. The smallest absolute Gasteiger partial charge is 0.220 e. The lowest BCUT2D eigenvalue weighted by Crippen LogP contribution is -1.96. The van der Waals surface area contributed by atoms with Crippen molar-refractivity contribution < 1.29 is 13.5 Å². The molecule has 0 atom stereocenters. The number of aromatic nitrogens is 1. The van der Waals surface area contributed by atoms with E-state index in [0.29, 0.717) is 0 Å². The standard InChI is InChI=1S/C12H7F2N3O/c13-8-2-1-7(5-9(8)14)18-12-4-3-10(16)11(6-15)17-12/h1-5H,16H2. The van der Waals surface area contributed by atoms with Crippen molar-refractivity contribution in [2.75, 3.05) is 5.73 Å². The summed E-state index contributed by atoms with van der Waals surface area (Å²) in [5.74, 6) is -1.84. The number of rotatable bonds is 2. The Bertz CT molecular complexity index is 638. The first-order chi connectivity index (χ1) is 8.60. The fourth-order valence-corrected chi connectivity index (χ4v) is 1.26. The van der Waals surface area contributed by atoms with Crippen molar-refractivity contribution in [1.82, 2.24) is 4.98 Å². The lowest BCUT2D eigenvalue weighted by molar-refractivity contribution is 0.447. The molecule has 0 radical (unpaired) electrons. The van der Waals surface area contributed by atoms with Crippen LogP contribution in [0, 0.1) is 23.0 Å². The zero-order valence-corrected chi connectivity index (χ0v) is 9.02. The second-order valence-corrected chi connectivity index (χ2v) is 3.38. The van der Waals surface area contributed by atoms with E-state index in [-0.39, 0.29) is 23.0 Å². The molecule has 18 heavy (non-hydrogen) atoms. The molecule has 0 saturated carbocycles. The minimum atomic E-state index is -1.02. The Morgan fingerprint density at radius 1 is 1.17 bits per heavy atom. The quantitative estimate of drug-likeness (QED) is 0.885. The van der Waals surface area contributed by atoms with E-state index in [1.54, 1.807) is 6.07 Å². The van der Waals surface area contributed by atoms with Crippen molar-refractivity contribution in [1.29, 1.82) is 5.26 Å². The highest BCUT2D eigenvalue weighted by Gasteiger charge is 2.07. The average molecular weight is 247 g/mol. The number of hydrogen-bond donors (Lipinski definition) is 1. The van der Waals surface area contributed by atoms with Crippen LogP contribution in [0.5, 0.6) is 11.6 Å². The molecule has 1 aromatic carbocycles. The first kappa shape index (κ1) is 11.8. The van der Waals surface area contributed by atoms with Crippen molar-refractivity contribution in [3.63, 3.8) is 0 Å². The maximum absolute atomic E-state index is 12.9. The molecule has 0 aliphatic heterocycles. The molecular formula is C12H7F2N3O. The van der Waals surface area contributed by atoms with Crippen molar-refractivity contribution in [3.8, 4) is 17.7 Å². The number of benzene rings is 1. The van der Waals surface area contributed by atoms with Crippen LogP contribution in [0.1, 0.15) is 5.69 Å². The fourth-order valence-electron chi connectivity index (χ4n) is 1.26. The maximum atomic E-state index is 12.9. The van der Waals surface area contributed by atoms with Crippen LogP contribution >= 0.6 is 0 Å². The zero-order chi connectivity index (χ0) is 13.1. The number of pyridine rings is 1. The molecule has 0 aliphatic rings. The molecule has 1 heterocycles. The summed E-state index contributed by atoms with van der Waals surface area (Å²) in [5, 5.41) is 8.73. The van der Waals surface area contributed by atoms with Crippen LogP contribution in [0.3, 0.4) is 0 Å². The Labute approximate surface area is 101 Å². The maximum Gasteiger partial charge on any atom is 0.220 e. The highest BCUT2D eigenvalue weighted by atomic mass is 19.2. The number of nitrogen functional groups attached to an aromatic ring is 1. The molecule has 0 amide bonds. The van der Waals surface area contributed by atoms with Crippen LogP contribution in [-0.4, -0.2) is 4.98 Å². The second kappa shape index (κ2) is 4.67. The SMILES string of the molecule is N#Cc1nc(Oc2ccc(F)c(F)c2)ccc1N. The number of anilines is 1. The van der Waals surface area contributed by atoms with Crippen LogP contribution in [0.2, 0.25) is 0 Å². The third-order valence-electron chi connectivity index (χ3n) is 2.12. The van der Waals surface area contributed by atoms with Crippen molar-refractivity contribution in [3.05, 3.63) is 47.7 Å². The molecule has 0 unspecified atom stereocenters. The minimum Gasteiger partial charge on any atom is -0.439 e. The van der Waals surface area contributed by atoms with Gasteiger partial charge in [0.25, 0.3) is 0 Å². The van der Waals surface area contributed by atoms with Gasteiger partial charge in [-0.1, -0.05) is 0 Å². The van der Waals surface area contributed by atoms with E-state index in [9.17, 15) is 8.78 Å². The molecule has 0 fully saturated rings. The fraction of sp³-hybridized carbons (Fsp3) is 0. The Balaban J connectivity index is 2.29. The molecule has 6 heteroatoms. The second-order valence-electron chi connectivity index (χ2n) is 3.38. The summed E-state index contributed by atoms with van der Waals surface area (Å²) in [6, 6.07) is 7.74. The van der Waals surface area contributed by atoms with Crippen LogP contribution in [-0.2, 0) is 0 Å². The number of hydrogen-bond acceptors (Lipinski definition) is 4. The number of nitriles is 1. The van der Waals surface area contributed by atoms with Gasteiger partial charge in [-0.05, 0) is 18.2 Å². The first-order valence-electron chi connectivity index (χ1n) is 4.89. The van der Waals surface area contributed by atoms with E-state index in [0.717, 1.165) is 12.1 Å². The van der Waals surface area contributed by atoms with Gasteiger partial charge in [-0.25, -0.2) is 13.8 Å². The Morgan fingerprint density at radius 3 is 2.61 bits per heavy atom. The molecule has 2 aromatic rings. The summed E-state index contributed by atoms with van der Waals surface area (Å²) >= 11 is 0. The van der Waals surface area contributed by atoms with E-state index in [2.05, 4.69) is 4.98 Å². The van der Waals surface area contributed by atoms with E-state index < -0.39 is 11.6 Å². The molecule has 0 aliphatic carbocycles. The van der Waals surface area contributed by atoms with E-state index in [1.165, 1.54) is 18.2 Å². The Morgan fingerprint density at radius 2 is 1.94 bits per heavy atom.